The van der Waals surface area contributed by atoms with Crippen LogP contribution < -0.4 is 20.0 Å². The number of hydrazone groups is 1. The van der Waals surface area contributed by atoms with Crippen molar-refractivity contribution >= 4 is 38.6 Å². The summed E-state index contributed by atoms with van der Waals surface area (Å²) in [5.41, 5.74) is 4.52. The van der Waals surface area contributed by atoms with Gasteiger partial charge in [0.15, 0.2) is 0 Å². The van der Waals surface area contributed by atoms with Crippen molar-refractivity contribution in [1.82, 2.24) is 5.43 Å². The van der Waals surface area contributed by atoms with Crippen molar-refractivity contribution in [3.05, 3.63) is 83.7 Å². The highest BCUT2D eigenvalue weighted by molar-refractivity contribution is 7.94. The first-order valence-electron chi connectivity index (χ1n) is 8.40. The molecule has 3 aromatic rings. The van der Waals surface area contributed by atoms with Crippen molar-refractivity contribution in [3.8, 4) is 5.75 Å². The Morgan fingerprint density at radius 3 is 2.31 bits per heavy atom. The Morgan fingerprint density at radius 2 is 1.72 bits per heavy atom. The van der Waals surface area contributed by atoms with E-state index in [0.29, 0.717) is 22.7 Å². The number of methoxy groups -OCH3 is 1. The van der Waals surface area contributed by atoms with Crippen LogP contribution >= 0.6 is 11.3 Å². The largest absolute Gasteiger partial charge is 0.857 e. The SMILES string of the molecule is C=C(NN=C([O-])c1ccc(NS(=O)(=O)c2cccs2)cc1)c1ccc(OC)cc1. The minimum absolute atomic E-state index is 0.217. The van der Waals surface area contributed by atoms with Gasteiger partial charge in [-0.1, -0.05) is 24.8 Å². The molecule has 0 radical (unpaired) electrons. The minimum Gasteiger partial charge on any atom is -0.857 e. The molecule has 29 heavy (non-hydrogen) atoms. The molecule has 1 aromatic heterocycles. The molecule has 0 atom stereocenters. The van der Waals surface area contributed by atoms with Gasteiger partial charge in [-0.2, -0.15) is 5.10 Å². The fraction of sp³-hybridized carbons (Fsp3) is 0.0500. The van der Waals surface area contributed by atoms with Gasteiger partial charge in [-0.25, -0.2) is 8.42 Å². The lowest BCUT2D eigenvalue weighted by Crippen LogP contribution is -2.22. The topological polar surface area (TPSA) is 103 Å². The minimum atomic E-state index is -3.63. The van der Waals surface area contributed by atoms with E-state index in [1.165, 1.54) is 30.3 Å². The van der Waals surface area contributed by atoms with Crippen molar-refractivity contribution in [2.75, 3.05) is 11.8 Å². The maximum absolute atomic E-state index is 12.2. The third kappa shape index (κ3) is 5.15. The lowest BCUT2D eigenvalue weighted by Gasteiger charge is -2.14. The van der Waals surface area contributed by atoms with Gasteiger partial charge in [0, 0.05) is 11.6 Å². The first kappa shape index (κ1) is 20.4. The lowest BCUT2D eigenvalue weighted by molar-refractivity contribution is -0.213. The number of benzene rings is 2. The van der Waals surface area contributed by atoms with Gasteiger partial charge in [0.2, 0.25) is 0 Å². The summed E-state index contributed by atoms with van der Waals surface area (Å²) >= 11 is 1.12. The number of sulfonamides is 1. The van der Waals surface area contributed by atoms with Crippen LogP contribution in [-0.4, -0.2) is 21.4 Å². The highest BCUT2D eigenvalue weighted by atomic mass is 32.2. The first-order valence-corrected chi connectivity index (χ1v) is 10.8. The predicted molar refractivity (Wildman–Crippen MR) is 113 cm³/mol. The molecule has 7 nitrogen and oxygen atoms in total. The Labute approximate surface area is 173 Å². The highest BCUT2D eigenvalue weighted by Crippen LogP contribution is 2.20. The average Bonchev–Trinajstić information content (AvgIpc) is 3.28. The number of hydrogen-bond donors (Lipinski definition) is 2. The van der Waals surface area contributed by atoms with Gasteiger partial charge >= 0.3 is 0 Å². The summed E-state index contributed by atoms with van der Waals surface area (Å²) in [6.07, 6.45) is 0. The summed E-state index contributed by atoms with van der Waals surface area (Å²) in [5, 5.41) is 17.7. The highest BCUT2D eigenvalue weighted by Gasteiger charge is 2.14. The molecule has 3 rings (SSSR count). The molecule has 0 saturated heterocycles. The monoisotopic (exact) mass is 428 g/mol. The second-order valence-electron chi connectivity index (χ2n) is 5.85. The van der Waals surface area contributed by atoms with Gasteiger partial charge in [0.25, 0.3) is 10.0 Å². The molecule has 0 fully saturated rings. The van der Waals surface area contributed by atoms with E-state index >= 15 is 0 Å². The average molecular weight is 429 g/mol. The summed E-state index contributed by atoms with van der Waals surface area (Å²) < 4.78 is 32.2. The summed E-state index contributed by atoms with van der Waals surface area (Å²) in [5.74, 6) is 0.205. The second-order valence-corrected chi connectivity index (χ2v) is 8.71. The van der Waals surface area contributed by atoms with Gasteiger partial charge in [-0.05, 0) is 59.0 Å². The van der Waals surface area contributed by atoms with E-state index in [-0.39, 0.29) is 4.21 Å². The summed E-state index contributed by atoms with van der Waals surface area (Å²) in [4.78, 5) is 0. The molecule has 2 N–H and O–H groups in total. The molecule has 0 saturated carbocycles. The number of nitrogens with one attached hydrogen (secondary N) is 2. The standard InChI is InChI=1S/C20H19N3O4S2/c1-14(15-7-11-18(27-2)12-8-15)21-22-20(24)16-5-9-17(10-6-16)23-29(25,26)19-4-3-13-28-19/h3-13,21,23H,1H2,2H3,(H,22,24)/p-1. The van der Waals surface area contributed by atoms with Crippen molar-refractivity contribution < 1.29 is 18.3 Å². The van der Waals surface area contributed by atoms with Crippen LogP contribution in [0.25, 0.3) is 5.70 Å². The molecule has 2 aromatic carbocycles. The zero-order valence-corrected chi connectivity index (χ0v) is 17.1. The van der Waals surface area contributed by atoms with Gasteiger partial charge in [-0.3, -0.25) is 10.1 Å². The van der Waals surface area contributed by atoms with Crippen LogP contribution in [0.5, 0.6) is 5.75 Å². The van der Waals surface area contributed by atoms with Gasteiger partial charge in [-0.15, -0.1) is 11.3 Å². The van der Waals surface area contributed by atoms with Crippen LogP contribution in [-0.2, 0) is 10.0 Å². The molecule has 0 spiro atoms. The number of anilines is 1. The molecule has 150 valence electrons. The maximum Gasteiger partial charge on any atom is 0.271 e. The van der Waals surface area contributed by atoms with E-state index < -0.39 is 15.9 Å². The quantitative estimate of drug-likeness (QED) is 0.326. The Balaban J connectivity index is 1.64. The van der Waals surface area contributed by atoms with E-state index in [1.807, 2.05) is 0 Å². The molecule has 0 aliphatic heterocycles. The van der Waals surface area contributed by atoms with Crippen molar-refractivity contribution in [2.45, 2.75) is 4.21 Å². The summed E-state index contributed by atoms with van der Waals surface area (Å²) in [6, 6.07) is 16.3. The van der Waals surface area contributed by atoms with Crippen molar-refractivity contribution in [2.24, 2.45) is 5.10 Å². The summed E-state index contributed by atoms with van der Waals surface area (Å²) in [7, 11) is -2.06. The number of nitrogens with zero attached hydrogens (tertiary/aromatic N) is 1. The zero-order valence-electron chi connectivity index (χ0n) is 15.5. The maximum atomic E-state index is 12.2. The Bertz CT molecular complexity index is 1110. The van der Waals surface area contributed by atoms with Gasteiger partial charge in [0.1, 0.15) is 9.96 Å². The van der Waals surface area contributed by atoms with Crippen molar-refractivity contribution in [1.29, 1.82) is 0 Å². The number of ether oxygens (including phenoxy) is 1. The van der Waals surface area contributed by atoms with Crippen LogP contribution in [0.15, 0.2) is 81.9 Å². The van der Waals surface area contributed by atoms with Crippen molar-refractivity contribution in [3.63, 3.8) is 0 Å². The third-order valence-corrected chi connectivity index (χ3v) is 6.65. The lowest BCUT2D eigenvalue weighted by atomic mass is 10.2. The van der Waals surface area contributed by atoms with E-state index in [9.17, 15) is 13.5 Å². The molecule has 0 aliphatic rings. The van der Waals surface area contributed by atoms with Crippen LogP contribution in [0, 0.1) is 0 Å². The Kier molecular flexibility index (Phi) is 6.20. The van der Waals surface area contributed by atoms with Crippen LogP contribution in [0.1, 0.15) is 11.1 Å². The molecule has 0 bridgehead atoms. The first-order chi connectivity index (χ1) is 13.9. The van der Waals surface area contributed by atoms with Crippen LogP contribution in [0.2, 0.25) is 0 Å². The number of thiophene rings is 1. The molecule has 0 amide bonds. The molecule has 1 heterocycles. The Morgan fingerprint density at radius 1 is 1.07 bits per heavy atom. The van der Waals surface area contributed by atoms with E-state index in [0.717, 1.165) is 16.9 Å². The van der Waals surface area contributed by atoms with Crippen LogP contribution in [0.4, 0.5) is 5.69 Å². The molecular formula is C20H18N3O4S2-. The summed E-state index contributed by atoms with van der Waals surface area (Å²) in [6.45, 7) is 3.85. The third-order valence-electron chi connectivity index (χ3n) is 3.87. The predicted octanol–water partition coefficient (Wildman–Crippen LogP) is 2.84. The fourth-order valence-electron chi connectivity index (χ4n) is 2.34. The Hall–Kier alpha value is -3.30. The van der Waals surface area contributed by atoms with Gasteiger partial charge in [0.05, 0.1) is 12.8 Å². The number of hydrogen-bond acceptors (Lipinski definition) is 7. The number of rotatable bonds is 8. The van der Waals surface area contributed by atoms with Gasteiger partial charge < -0.3 is 9.84 Å². The normalized spacial score (nSPS) is 11.7. The molecule has 0 unspecified atom stereocenters. The second kappa shape index (κ2) is 8.80. The molecule has 0 aliphatic carbocycles. The van der Waals surface area contributed by atoms with Crippen LogP contribution in [0.3, 0.4) is 0 Å². The van der Waals surface area contributed by atoms with E-state index in [1.54, 1.807) is 42.8 Å². The molecule has 9 heteroatoms. The van der Waals surface area contributed by atoms with E-state index in [2.05, 4.69) is 21.8 Å². The van der Waals surface area contributed by atoms with E-state index in [4.69, 9.17) is 4.74 Å². The molecular weight excluding hydrogens is 410 g/mol. The zero-order chi connectivity index (χ0) is 20.9. The fourth-order valence-corrected chi connectivity index (χ4v) is 4.39. The smallest absolute Gasteiger partial charge is 0.271 e.